The van der Waals surface area contributed by atoms with Crippen LogP contribution in [0, 0.1) is 19.7 Å². The molecule has 4 aromatic heterocycles. The molecule has 0 aliphatic heterocycles. The number of hydrogen-bond acceptors (Lipinski definition) is 3. The van der Waals surface area contributed by atoms with E-state index in [1.165, 1.54) is 6.07 Å². The van der Waals surface area contributed by atoms with E-state index in [0.29, 0.717) is 11.3 Å². The molecule has 0 aromatic carbocycles. The summed E-state index contributed by atoms with van der Waals surface area (Å²) in [6.07, 6.45) is 5.17. The first-order valence-electron chi connectivity index (χ1n) is 6.69. The molecule has 0 radical (unpaired) electrons. The summed E-state index contributed by atoms with van der Waals surface area (Å²) in [5.41, 5.74) is 4.17. The molecule has 7 heteroatoms. The van der Waals surface area contributed by atoms with Crippen LogP contribution < -0.4 is 0 Å². The Labute approximate surface area is 130 Å². The summed E-state index contributed by atoms with van der Waals surface area (Å²) in [4.78, 5) is 8.35. The molecular formula is C15H11ClFN5. The zero-order chi connectivity index (χ0) is 15.4. The fourth-order valence-corrected chi connectivity index (χ4v) is 2.74. The number of fused-ring (bicyclic) bond motifs is 2. The van der Waals surface area contributed by atoms with Gasteiger partial charge in [0.05, 0.1) is 17.6 Å². The highest BCUT2D eigenvalue weighted by atomic mass is 35.5. The van der Waals surface area contributed by atoms with Gasteiger partial charge in [-0.1, -0.05) is 11.6 Å². The van der Waals surface area contributed by atoms with E-state index in [1.807, 2.05) is 26.1 Å². The first-order chi connectivity index (χ1) is 10.5. The third-order valence-corrected chi connectivity index (χ3v) is 3.68. The minimum Gasteiger partial charge on any atom is -0.302 e. The number of hydrogen-bond donors (Lipinski definition) is 0. The molecule has 0 unspecified atom stereocenters. The van der Waals surface area contributed by atoms with Gasteiger partial charge >= 0.3 is 0 Å². The van der Waals surface area contributed by atoms with Crippen molar-refractivity contribution in [3.63, 3.8) is 0 Å². The highest BCUT2D eigenvalue weighted by Gasteiger charge is 2.12. The van der Waals surface area contributed by atoms with Crippen LogP contribution in [-0.2, 0) is 0 Å². The summed E-state index contributed by atoms with van der Waals surface area (Å²) in [6, 6.07) is 3.30. The van der Waals surface area contributed by atoms with Crippen molar-refractivity contribution in [1.82, 2.24) is 24.0 Å². The third-order valence-electron chi connectivity index (χ3n) is 3.50. The Morgan fingerprint density at radius 2 is 1.86 bits per heavy atom. The molecule has 0 aliphatic rings. The highest BCUT2D eigenvalue weighted by Crippen LogP contribution is 2.23. The second-order valence-corrected chi connectivity index (χ2v) is 5.62. The minimum atomic E-state index is -0.439. The van der Waals surface area contributed by atoms with Crippen LogP contribution in [0.1, 0.15) is 11.3 Å². The van der Waals surface area contributed by atoms with Crippen molar-refractivity contribution in [1.29, 1.82) is 0 Å². The maximum atomic E-state index is 14.2. The lowest BCUT2D eigenvalue weighted by atomic mass is 10.1. The molecule has 0 saturated carbocycles. The second-order valence-electron chi connectivity index (χ2n) is 5.23. The molecule has 4 aromatic rings. The Hall–Kier alpha value is -2.47. The SMILES string of the molecule is Cc1cn2nc(-c3cc(F)c4nc(Cl)cn4c3)cc(C)c2n1. The van der Waals surface area contributed by atoms with E-state index in [4.69, 9.17) is 11.6 Å². The summed E-state index contributed by atoms with van der Waals surface area (Å²) in [7, 11) is 0. The molecule has 4 rings (SSSR count). The first-order valence-corrected chi connectivity index (χ1v) is 7.07. The largest absolute Gasteiger partial charge is 0.302 e. The molecular weight excluding hydrogens is 305 g/mol. The number of rotatable bonds is 1. The topological polar surface area (TPSA) is 47.5 Å². The number of aryl methyl sites for hydroxylation is 2. The number of aromatic nitrogens is 5. The average Bonchev–Trinajstić information content (AvgIpc) is 3.00. The van der Waals surface area contributed by atoms with Gasteiger partial charge in [-0.15, -0.1) is 0 Å². The van der Waals surface area contributed by atoms with Gasteiger partial charge in [-0.2, -0.15) is 5.10 Å². The standard InChI is InChI=1S/C15H11ClFN5/c1-8-3-12(20-22-5-9(2)18-14(8)22)10-4-11(17)15-19-13(16)7-21(15)6-10/h3-7H,1-2H3. The molecule has 4 heterocycles. The average molecular weight is 316 g/mol. The molecule has 5 nitrogen and oxygen atoms in total. The summed E-state index contributed by atoms with van der Waals surface area (Å²) in [5, 5.41) is 4.75. The van der Waals surface area contributed by atoms with Gasteiger partial charge in [0.15, 0.2) is 17.1 Å². The van der Waals surface area contributed by atoms with E-state index in [-0.39, 0.29) is 10.8 Å². The van der Waals surface area contributed by atoms with Crippen molar-refractivity contribution in [3.8, 4) is 11.3 Å². The summed E-state index contributed by atoms with van der Waals surface area (Å²) in [5.74, 6) is -0.439. The zero-order valence-corrected chi connectivity index (χ0v) is 12.6. The quantitative estimate of drug-likeness (QED) is 0.540. The van der Waals surface area contributed by atoms with E-state index in [1.54, 1.807) is 21.3 Å². The maximum Gasteiger partial charge on any atom is 0.174 e. The Kier molecular flexibility index (Phi) is 2.71. The Balaban J connectivity index is 1.97. The lowest BCUT2D eigenvalue weighted by Gasteiger charge is -2.05. The fraction of sp³-hybridized carbons (Fsp3) is 0.133. The number of pyridine rings is 1. The van der Waals surface area contributed by atoms with Crippen LogP contribution in [0.15, 0.2) is 30.7 Å². The van der Waals surface area contributed by atoms with E-state index >= 15 is 0 Å². The molecule has 0 aliphatic carbocycles. The predicted octanol–water partition coefficient (Wildman–Crippen LogP) is 3.45. The number of imidazole rings is 2. The van der Waals surface area contributed by atoms with Gasteiger partial charge in [-0.3, -0.25) is 0 Å². The predicted molar refractivity (Wildman–Crippen MR) is 81.6 cm³/mol. The monoisotopic (exact) mass is 315 g/mol. The number of nitrogens with zero attached hydrogens (tertiary/aromatic N) is 5. The van der Waals surface area contributed by atoms with Crippen molar-refractivity contribution in [2.75, 3.05) is 0 Å². The van der Waals surface area contributed by atoms with Crippen LogP contribution in [0.2, 0.25) is 5.15 Å². The summed E-state index contributed by atoms with van der Waals surface area (Å²) < 4.78 is 17.4. The molecule has 0 spiro atoms. The smallest absolute Gasteiger partial charge is 0.174 e. The van der Waals surface area contributed by atoms with E-state index in [9.17, 15) is 4.39 Å². The Morgan fingerprint density at radius 1 is 1.05 bits per heavy atom. The molecule has 0 fully saturated rings. The van der Waals surface area contributed by atoms with Gasteiger partial charge in [0.2, 0.25) is 0 Å². The lowest BCUT2D eigenvalue weighted by molar-refractivity contribution is 0.630. The van der Waals surface area contributed by atoms with Crippen molar-refractivity contribution in [3.05, 3.63) is 53.0 Å². The van der Waals surface area contributed by atoms with Gasteiger partial charge in [0.25, 0.3) is 0 Å². The van der Waals surface area contributed by atoms with Crippen LogP contribution in [0.25, 0.3) is 22.6 Å². The van der Waals surface area contributed by atoms with Crippen LogP contribution in [0.3, 0.4) is 0 Å². The van der Waals surface area contributed by atoms with Crippen molar-refractivity contribution >= 4 is 22.9 Å². The van der Waals surface area contributed by atoms with Crippen LogP contribution in [-0.4, -0.2) is 24.0 Å². The van der Waals surface area contributed by atoms with Gasteiger partial charge in [-0.25, -0.2) is 18.9 Å². The van der Waals surface area contributed by atoms with E-state index in [0.717, 1.165) is 16.9 Å². The maximum absolute atomic E-state index is 14.2. The van der Waals surface area contributed by atoms with Crippen molar-refractivity contribution < 1.29 is 4.39 Å². The van der Waals surface area contributed by atoms with Crippen molar-refractivity contribution in [2.45, 2.75) is 13.8 Å². The Morgan fingerprint density at radius 3 is 2.68 bits per heavy atom. The van der Waals surface area contributed by atoms with Crippen molar-refractivity contribution in [2.24, 2.45) is 0 Å². The normalized spacial score (nSPS) is 11.6. The molecule has 110 valence electrons. The highest BCUT2D eigenvalue weighted by molar-refractivity contribution is 6.29. The third kappa shape index (κ3) is 1.95. The van der Waals surface area contributed by atoms with Gasteiger partial charge in [0.1, 0.15) is 5.15 Å². The number of halogens is 2. The zero-order valence-electron chi connectivity index (χ0n) is 11.9. The van der Waals surface area contributed by atoms with Crippen LogP contribution in [0.4, 0.5) is 4.39 Å². The molecule has 0 atom stereocenters. The van der Waals surface area contributed by atoms with E-state index in [2.05, 4.69) is 15.1 Å². The Bertz CT molecular complexity index is 949. The van der Waals surface area contributed by atoms with Gasteiger partial charge in [-0.05, 0) is 31.5 Å². The molecule has 0 bridgehead atoms. The molecule has 0 N–H and O–H groups in total. The summed E-state index contributed by atoms with van der Waals surface area (Å²) in [6.45, 7) is 3.86. The van der Waals surface area contributed by atoms with Crippen LogP contribution in [0.5, 0.6) is 0 Å². The second kappa shape index (κ2) is 4.51. The fourth-order valence-electron chi connectivity index (χ4n) is 2.55. The van der Waals surface area contributed by atoms with Crippen LogP contribution >= 0.6 is 11.6 Å². The lowest BCUT2D eigenvalue weighted by Crippen LogP contribution is -1.98. The van der Waals surface area contributed by atoms with E-state index < -0.39 is 5.82 Å². The summed E-state index contributed by atoms with van der Waals surface area (Å²) >= 11 is 5.83. The minimum absolute atomic E-state index is 0.199. The van der Waals surface area contributed by atoms with Gasteiger partial charge < -0.3 is 4.40 Å². The first kappa shape index (κ1) is 13.2. The molecule has 0 amide bonds. The van der Waals surface area contributed by atoms with Gasteiger partial charge in [0, 0.05) is 18.0 Å². The molecule has 22 heavy (non-hydrogen) atoms. The molecule has 0 saturated heterocycles.